The summed E-state index contributed by atoms with van der Waals surface area (Å²) in [6.07, 6.45) is 1.39. The number of ketones is 1. The van der Waals surface area contributed by atoms with Gasteiger partial charge in [0.25, 0.3) is 6.47 Å². The van der Waals surface area contributed by atoms with E-state index >= 15 is 0 Å². The quantitative estimate of drug-likeness (QED) is 0.409. The SMILES string of the molecule is NCC(=O)C(CCCOC=O)N1CCNCC1. The molecule has 98 valence electrons. The van der Waals surface area contributed by atoms with Crippen LogP contribution in [0.15, 0.2) is 0 Å². The molecule has 0 aromatic carbocycles. The average Bonchev–Trinajstić information content (AvgIpc) is 2.39. The van der Waals surface area contributed by atoms with E-state index in [1.165, 1.54) is 0 Å². The smallest absolute Gasteiger partial charge is 0.293 e. The van der Waals surface area contributed by atoms with E-state index in [0.29, 0.717) is 25.9 Å². The normalized spacial score (nSPS) is 18.6. The molecule has 0 radical (unpaired) electrons. The number of ether oxygens (including phenoxy) is 1. The topological polar surface area (TPSA) is 84.7 Å². The summed E-state index contributed by atoms with van der Waals surface area (Å²) in [5.41, 5.74) is 5.43. The van der Waals surface area contributed by atoms with Gasteiger partial charge in [-0.3, -0.25) is 14.5 Å². The van der Waals surface area contributed by atoms with Crippen LogP contribution < -0.4 is 11.1 Å². The second-order valence-electron chi connectivity index (χ2n) is 4.08. The first-order valence-electron chi connectivity index (χ1n) is 6.02. The highest BCUT2D eigenvalue weighted by atomic mass is 16.5. The summed E-state index contributed by atoms with van der Waals surface area (Å²) in [6, 6.07) is -0.127. The Morgan fingerprint density at radius 2 is 2.18 bits per heavy atom. The summed E-state index contributed by atoms with van der Waals surface area (Å²) in [6.45, 7) is 4.41. The van der Waals surface area contributed by atoms with E-state index in [4.69, 9.17) is 5.73 Å². The fourth-order valence-corrected chi connectivity index (χ4v) is 2.09. The molecule has 1 aliphatic heterocycles. The molecular weight excluding hydrogens is 222 g/mol. The molecule has 0 aliphatic carbocycles. The van der Waals surface area contributed by atoms with Gasteiger partial charge in [0, 0.05) is 26.2 Å². The lowest BCUT2D eigenvalue weighted by Gasteiger charge is -2.33. The first-order valence-corrected chi connectivity index (χ1v) is 6.02. The zero-order chi connectivity index (χ0) is 12.5. The van der Waals surface area contributed by atoms with Crippen molar-refractivity contribution in [1.82, 2.24) is 10.2 Å². The van der Waals surface area contributed by atoms with Crippen LogP contribution in [-0.2, 0) is 14.3 Å². The lowest BCUT2D eigenvalue weighted by Crippen LogP contribution is -2.52. The third kappa shape index (κ3) is 4.80. The van der Waals surface area contributed by atoms with Crippen molar-refractivity contribution in [2.45, 2.75) is 18.9 Å². The van der Waals surface area contributed by atoms with Crippen molar-refractivity contribution < 1.29 is 14.3 Å². The maximum absolute atomic E-state index is 11.8. The van der Waals surface area contributed by atoms with Crippen LogP contribution in [0.1, 0.15) is 12.8 Å². The molecule has 0 saturated carbocycles. The van der Waals surface area contributed by atoms with Gasteiger partial charge in [-0.15, -0.1) is 0 Å². The van der Waals surface area contributed by atoms with Gasteiger partial charge in [0.05, 0.1) is 19.2 Å². The van der Waals surface area contributed by atoms with Gasteiger partial charge in [-0.1, -0.05) is 0 Å². The fourth-order valence-electron chi connectivity index (χ4n) is 2.09. The summed E-state index contributed by atoms with van der Waals surface area (Å²) in [5.74, 6) is 0.0676. The molecule has 1 rings (SSSR count). The minimum absolute atomic E-state index is 0.0676. The second kappa shape index (κ2) is 8.16. The number of Topliss-reactive ketones (excluding diaryl/α,β-unsaturated/α-hetero) is 1. The Morgan fingerprint density at radius 1 is 1.47 bits per heavy atom. The van der Waals surface area contributed by atoms with Gasteiger partial charge in [0.15, 0.2) is 5.78 Å². The van der Waals surface area contributed by atoms with Gasteiger partial charge in [-0.25, -0.2) is 0 Å². The molecule has 0 amide bonds. The molecule has 3 N–H and O–H groups in total. The molecule has 0 aromatic rings. The minimum atomic E-state index is -0.127. The highest BCUT2D eigenvalue weighted by molar-refractivity contribution is 5.85. The molecule has 0 aromatic heterocycles. The maximum Gasteiger partial charge on any atom is 0.293 e. The van der Waals surface area contributed by atoms with E-state index in [1.54, 1.807) is 0 Å². The van der Waals surface area contributed by atoms with Crippen LogP contribution in [0.5, 0.6) is 0 Å². The van der Waals surface area contributed by atoms with Gasteiger partial charge < -0.3 is 15.8 Å². The van der Waals surface area contributed by atoms with E-state index < -0.39 is 0 Å². The van der Waals surface area contributed by atoms with Crippen molar-refractivity contribution >= 4 is 12.3 Å². The van der Waals surface area contributed by atoms with Crippen molar-refractivity contribution in [3.63, 3.8) is 0 Å². The molecule has 1 atom stereocenters. The Morgan fingerprint density at radius 3 is 2.76 bits per heavy atom. The number of piperazine rings is 1. The largest absolute Gasteiger partial charge is 0.468 e. The molecule has 1 aliphatic rings. The second-order valence-corrected chi connectivity index (χ2v) is 4.08. The van der Waals surface area contributed by atoms with E-state index in [0.717, 1.165) is 26.2 Å². The van der Waals surface area contributed by atoms with Crippen LogP contribution in [0.2, 0.25) is 0 Å². The zero-order valence-electron chi connectivity index (χ0n) is 10.1. The van der Waals surface area contributed by atoms with Crippen LogP contribution in [-0.4, -0.2) is 62.5 Å². The molecule has 1 heterocycles. The Labute approximate surface area is 101 Å². The molecule has 1 unspecified atom stereocenters. The van der Waals surface area contributed by atoms with Crippen LogP contribution in [0, 0.1) is 0 Å². The molecule has 6 nitrogen and oxygen atoms in total. The molecule has 1 fully saturated rings. The first-order chi connectivity index (χ1) is 8.29. The van der Waals surface area contributed by atoms with Crippen LogP contribution in [0.4, 0.5) is 0 Å². The molecule has 1 saturated heterocycles. The zero-order valence-corrected chi connectivity index (χ0v) is 10.1. The van der Waals surface area contributed by atoms with Gasteiger partial charge in [0.2, 0.25) is 0 Å². The summed E-state index contributed by atoms with van der Waals surface area (Å²) in [7, 11) is 0. The number of nitrogens with zero attached hydrogens (tertiary/aromatic N) is 1. The van der Waals surface area contributed by atoms with E-state index in [1.807, 2.05) is 0 Å². The van der Waals surface area contributed by atoms with Crippen molar-refractivity contribution in [3.05, 3.63) is 0 Å². The number of hydrogen-bond donors (Lipinski definition) is 2. The predicted molar refractivity (Wildman–Crippen MR) is 63.5 cm³/mol. The monoisotopic (exact) mass is 243 g/mol. The van der Waals surface area contributed by atoms with Crippen LogP contribution in [0.3, 0.4) is 0 Å². The van der Waals surface area contributed by atoms with Crippen LogP contribution in [0.25, 0.3) is 0 Å². The van der Waals surface area contributed by atoms with E-state index in [9.17, 15) is 9.59 Å². The maximum atomic E-state index is 11.8. The number of carbonyl (C=O) groups is 2. The van der Waals surface area contributed by atoms with Crippen molar-refractivity contribution in [2.24, 2.45) is 5.73 Å². The highest BCUT2D eigenvalue weighted by Crippen LogP contribution is 2.09. The van der Waals surface area contributed by atoms with Crippen LogP contribution >= 0.6 is 0 Å². The summed E-state index contributed by atoms with van der Waals surface area (Å²) < 4.78 is 4.63. The Kier molecular flexibility index (Phi) is 6.76. The molecule has 17 heavy (non-hydrogen) atoms. The summed E-state index contributed by atoms with van der Waals surface area (Å²) in [5, 5.41) is 3.25. The van der Waals surface area contributed by atoms with Gasteiger partial charge >= 0.3 is 0 Å². The lowest BCUT2D eigenvalue weighted by molar-refractivity contribution is -0.128. The van der Waals surface area contributed by atoms with Crippen molar-refractivity contribution in [3.8, 4) is 0 Å². The first kappa shape index (κ1) is 14.1. The number of carbonyl (C=O) groups excluding carboxylic acids is 2. The number of nitrogens with two attached hydrogens (primary N) is 1. The highest BCUT2D eigenvalue weighted by Gasteiger charge is 2.25. The predicted octanol–water partition coefficient (Wildman–Crippen LogP) is -1.26. The fraction of sp³-hybridized carbons (Fsp3) is 0.818. The van der Waals surface area contributed by atoms with E-state index in [-0.39, 0.29) is 18.4 Å². The number of rotatable bonds is 8. The van der Waals surface area contributed by atoms with Gasteiger partial charge in [-0.05, 0) is 12.8 Å². The summed E-state index contributed by atoms with van der Waals surface area (Å²) in [4.78, 5) is 24.0. The Hall–Kier alpha value is -0.980. The lowest BCUT2D eigenvalue weighted by atomic mass is 10.0. The number of hydrogen-bond acceptors (Lipinski definition) is 6. The molecule has 0 bridgehead atoms. The third-order valence-electron chi connectivity index (χ3n) is 2.97. The summed E-state index contributed by atoms with van der Waals surface area (Å²) >= 11 is 0. The molecular formula is C11H21N3O3. The van der Waals surface area contributed by atoms with Gasteiger partial charge in [0.1, 0.15) is 0 Å². The standard InChI is InChI=1S/C11H21N3O3/c12-8-11(16)10(2-1-7-17-9-15)14-5-3-13-4-6-14/h9-10,13H,1-8,12H2. The number of nitrogens with one attached hydrogen (secondary N) is 1. The van der Waals surface area contributed by atoms with Crippen molar-refractivity contribution in [1.29, 1.82) is 0 Å². The molecule has 0 spiro atoms. The Balaban J connectivity index is 2.41. The minimum Gasteiger partial charge on any atom is -0.468 e. The van der Waals surface area contributed by atoms with E-state index in [2.05, 4.69) is 15.0 Å². The third-order valence-corrected chi connectivity index (χ3v) is 2.97. The van der Waals surface area contributed by atoms with Crippen molar-refractivity contribution in [2.75, 3.05) is 39.3 Å². The molecule has 6 heteroatoms. The average molecular weight is 243 g/mol. The van der Waals surface area contributed by atoms with Gasteiger partial charge in [-0.2, -0.15) is 0 Å². The Bertz CT molecular complexity index is 242.